The lowest BCUT2D eigenvalue weighted by Gasteiger charge is -2.26. The van der Waals surface area contributed by atoms with Crippen molar-refractivity contribution in [1.29, 1.82) is 0 Å². The molecule has 0 aliphatic rings. The lowest BCUT2D eigenvalue weighted by Crippen LogP contribution is -2.44. The van der Waals surface area contributed by atoms with E-state index in [-0.39, 0.29) is 32.2 Å². The third kappa shape index (κ3) is 59.9. The highest BCUT2D eigenvalue weighted by Crippen LogP contribution is 2.19. The van der Waals surface area contributed by atoms with Crippen molar-refractivity contribution in [1.82, 2.24) is 0 Å². The van der Waals surface area contributed by atoms with E-state index in [9.17, 15) is 19.5 Å². The predicted molar refractivity (Wildman–Crippen MR) is 320 cm³/mol. The predicted octanol–water partition coefficient (Wildman–Crippen LogP) is 19.0. The molecular weight excluding hydrogens is 947 g/mol. The van der Waals surface area contributed by atoms with Crippen molar-refractivity contribution in [2.24, 2.45) is 0 Å². The van der Waals surface area contributed by atoms with Crippen molar-refractivity contribution < 1.29 is 42.9 Å². The van der Waals surface area contributed by atoms with Crippen molar-refractivity contribution in [3.8, 4) is 0 Å². The van der Waals surface area contributed by atoms with Crippen molar-refractivity contribution in [3.63, 3.8) is 0 Å². The minimum atomic E-state index is -1.61. The van der Waals surface area contributed by atoms with E-state index in [4.69, 9.17) is 18.9 Å². The first-order valence-electron chi connectivity index (χ1n) is 33.7. The van der Waals surface area contributed by atoms with Crippen LogP contribution in [0.25, 0.3) is 0 Å². The molecule has 0 bridgehead atoms. The van der Waals surface area contributed by atoms with Crippen LogP contribution < -0.4 is 5.11 Å². The molecule has 0 N–H and O–H groups in total. The van der Waals surface area contributed by atoms with E-state index in [1.165, 1.54) is 289 Å². The zero-order chi connectivity index (χ0) is 55.5. The number of hydrogen-bond donors (Lipinski definition) is 0. The molecule has 0 aromatic rings. The summed E-state index contributed by atoms with van der Waals surface area (Å²) in [6.07, 6.45) is 66.2. The van der Waals surface area contributed by atoms with Crippen LogP contribution >= 0.6 is 0 Å². The molecule has 0 heterocycles. The van der Waals surface area contributed by atoms with E-state index in [0.29, 0.717) is 17.4 Å². The van der Waals surface area contributed by atoms with Gasteiger partial charge in [-0.25, -0.2) is 0 Å². The molecule has 0 spiro atoms. The number of carbonyl (C=O) groups is 3. The maximum Gasteiger partial charge on any atom is 0.306 e. The summed E-state index contributed by atoms with van der Waals surface area (Å²) in [5.74, 6) is -2.25. The number of unbranched alkanes of at least 4 members (excludes halogenated alkanes) is 49. The first-order chi connectivity index (χ1) is 37.1. The van der Waals surface area contributed by atoms with Gasteiger partial charge < -0.3 is 33.3 Å². The van der Waals surface area contributed by atoms with Crippen LogP contribution in [0.3, 0.4) is 0 Å². The number of aliphatic carboxylic acids is 1. The molecule has 0 rings (SSSR count). The molecule has 0 amide bonds. The lowest BCUT2D eigenvalue weighted by atomic mass is 10.0. The molecule has 0 saturated heterocycles. The second-order valence-electron chi connectivity index (χ2n) is 24.5. The normalized spacial score (nSPS) is 12.6. The summed E-state index contributed by atoms with van der Waals surface area (Å²) in [4.78, 5) is 37.4. The number of esters is 2. The Morgan fingerprint density at radius 1 is 0.342 bits per heavy atom. The smallest absolute Gasteiger partial charge is 0.306 e. The molecule has 0 aliphatic carbocycles. The first kappa shape index (κ1) is 74.3. The molecule has 0 aromatic carbocycles. The molecule has 0 aliphatic heterocycles. The van der Waals surface area contributed by atoms with E-state index in [2.05, 4.69) is 13.8 Å². The molecule has 2 unspecified atom stereocenters. The summed E-state index contributed by atoms with van der Waals surface area (Å²) < 4.78 is 22.8. The van der Waals surface area contributed by atoms with Crippen molar-refractivity contribution in [3.05, 3.63) is 0 Å². The van der Waals surface area contributed by atoms with Gasteiger partial charge >= 0.3 is 11.9 Å². The van der Waals surface area contributed by atoms with Gasteiger partial charge in [-0.3, -0.25) is 9.59 Å². The maximum absolute atomic E-state index is 12.9. The van der Waals surface area contributed by atoms with Gasteiger partial charge in [0.2, 0.25) is 0 Å². The number of ether oxygens (including phenoxy) is 4. The third-order valence-corrected chi connectivity index (χ3v) is 15.6. The second kappa shape index (κ2) is 59.4. The first-order valence-corrected chi connectivity index (χ1v) is 33.7. The van der Waals surface area contributed by atoms with Crippen LogP contribution in [-0.2, 0) is 33.3 Å². The van der Waals surface area contributed by atoms with Gasteiger partial charge in [-0.2, -0.15) is 0 Å². The van der Waals surface area contributed by atoms with Crippen molar-refractivity contribution >= 4 is 17.9 Å². The molecule has 76 heavy (non-hydrogen) atoms. The van der Waals surface area contributed by atoms with Crippen LogP contribution in [0.2, 0.25) is 0 Å². The highest BCUT2D eigenvalue weighted by atomic mass is 16.7. The zero-order valence-electron chi connectivity index (χ0n) is 51.7. The van der Waals surface area contributed by atoms with Crippen LogP contribution in [0.1, 0.15) is 354 Å². The maximum atomic E-state index is 12.9. The number of carboxylic acids is 1. The average Bonchev–Trinajstić information content (AvgIpc) is 3.39. The highest BCUT2D eigenvalue weighted by Gasteiger charge is 2.22. The number of nitrogens with zero attached hydrogens (tertiary/aromatic N) is 1. The van der Waals surface area contributed by atoms with E-state index in [1.54, 1.807) is 0 Å². The lowest BCUT2D eigenvalue weighted by molar-refractivity contribution is -0.870. The molecule has 2 atom stereocenters. The summed E-state index contributed by atoms with van der Waals surface area (Å²) >= 11 is 0. The quantitative estimate of drug-likeness (QED) is 0.0256. The van der Waals surface area contributed by atoms with Gasteiger partial charge in [0.25, 0.3) is 0 Å². The molecule has 0 radical (unpaired) electrons. The fourth-order valence-corrected chi connectivity index (χ4v) is 10.4. The third-order valence-electron chi connectivity index (χ3n) is 15.6. The summed E-state index contributed by atoms with van der Waals surface area (Å²) in [6.45, 7) is 4.83. The van der Waals surface area contributed by atoms with Gasteiger partial charge in [0.05, 0.1) is 40.3 Å². The topological polar surface area (TPSA) is 111 Å². The molecule has 0 aromatic heterocycles. The number of hydrogen-bond acceptors (Lipinski definition) is 8. The Balaban J connectivity index is 4.01. The van der Waals surface area contributed by atoms with Gasteiger partial charge in [0.15, 0.2) is 12.4 Å². The molecule has 0 saturated carbocycles. The molecular formula is C67H131NO8. The SMILES string of the molecule is CCCCCCCCCCCCCCCCCCCCCCCCCCCCCCCCCCCC(=O)OC(COC(=O)CCCCCCCCCCCCCCCCCCCC)COC(OCC[N+](C)(C)C)C(=O)[O-]. The number of likely N-dealkylation sites (N-methyl/N-ethyl adjacent to an activating group) is 1. The largest absolute Gasteiger partial charge is 0.545 e. The summed E-state index contributed by atoms with van der Waals surface area (Å²) in [6, 6.07) is 0. The van der Waals surface area contributed by atoms with Gasteiger partial charge in [0, 0.05) is 12.8 Å². The van der Waals surface area contributed by atoms with Crippen LogP contribution in [0.4, 0.5) is 0 Å². The summed E-state index contributed by atoms with van der Waals surface area (Å²) in [5, 5.41) is 11.8. The highest BCUT2D eigenvalue weighted by molar-refractivity contribution is 5.70. The van der Waals surface area contributed by atoms with Crippen LogP contribution in [-0.4, -0.2) is 82.3 Å². The van der Waals surface area contributed by atoms with Gasteiger partial charge in [-0.15, -0.1) is 0 Å². The van der Waals surface area contributed by atoms with Gasteiger partial charge in [-0.1, -0.05) is 328 Å². The fourth-order valence-electron chi connectivity index (χ4n) is 10.4. The molecule has 0 fully saturated rings. The Labute approximate surface area is 473 Å². The Hall–Kier alpha value is -1.71. The van der Waals surface area contributed by atoms with Gasteiger partial charge in [0.1, 0.15) is 13.2 Å². The van der Waals surface area contributed by atoms with E-state index >= 15 is 0 Å². The Kier molecular flexibility index (Phi) is 58.1. The van der Waals surface area contributed by atoms with E-state index in [0.717, 1.165) is 38.5 Å². The van der Waals surface area contributed by atoms with Crippen molar-refractivity contribution in [2.75, 3.05) is 47.5 Å². The number of carboxylic acid groups (broad SMARTS) is 1. The molecule has 452 valence electrons. The van der Waals surface area contributed by atoms with E-state index in [1.807, 2.05) is 21.1 Å². The standard InChI is InChI=1S/C67H131NO8/c1-6-8-10-12-14-16-18-20-22-24-26-27-28-29-30-31-32-33-34-35-36-37-38-39-40-42-44-46-48-50-52-54-56-58-65(70)76-63(62-75-67(66(71)72)73-60-59-68(3,4)5)61-74-64(69)57-55-53-51-49-47-45-43-41-25-23-21-19-17-15-13-11-9-7-2/h63,67H,6-62H2,1-5H3. The van der Waals surface area contributed by atoms with Crippen LogP contribution in [0.5, 0.6) is 0 Å². The van der Waals surface area contributed by atoms with Crippen LogP contribution in [0.15, 0.2) is 0 Å². The molecule has 9 nitrogen and oxygen atoms in total. The molecule has 9 heteroatoms. The number of rotatable bonds is 64. The monoisotopic (exact) mass is 1080 g/mol. The Bertz CT molecular complexity index is 1210. The van der Waals surface area contributed by atoms with Gasteiger partial charge in [-0.05, 0) is 12.8 Å². The fraction of sp³-hybridized carbons (Fsp3) is 0.955. The summed E-state index contributed by atoms with van der Waals surface area (Å²) in [5.41, 5.74) is 0. The van der Waals surface area contributed by atoms with E-state index < -0.39 is 24.3 Å². The minimum Gasteiger partial charge on any atom is -0.545 e. The Morgan fingerprint density at radius 2 is 0.592 bits per heavy atom. The minimum absolute atomic E-state index is 0.153. The average molecular weight is 1080 g/mol. The van der Waals surface area contributed by atoms with Crippen molar-refractivity contribution in [2.45, 2.75) is 367 Å². The van der Waals surface area contributed by atoms with Crippen LogP contribution in [0, 0.1) is 0 Å². The zero-order valence-corrected chi connectivity index (χ0v) is 51.7. The second-order valence-corrected chi connectivity index (χ2v) is 24.5. The number of carbonyl (C=O) groups excluding carboxylic acids is 3. The number of quaternary nitrogens is 1. The Morgan fingerprint density at radius 3 is 0.842 bits per heavy atom. The summed E-state index contributed by atoms with van der Waals surface area (Å²) in [7, 11) is 5.94.